The lowest BCUT2D eigenvalue weighted by Gasteiger charge is -2.17. The number of ether oxygens (including phenoxy) is 1. The Hall–Kier alpha value is -2.20. The van der Waals surface area contributed by atoms with E-state index in [0.717, 1.165) is 12.8 Å². The van der Waals surface area contributed by atoms with Crippen LogP contribution in [0.15, 0.2) is 18.2 Å². The van der Waals surface area contributed by atoms with Crippen molar-refractivity contribution in [2.24, 2.45) is 5.92 Å². The molecular weight excluding hydrogens is 413 g/mol. The number of rotatable bonds is 12. The summed E-state index contributed by atoms with van der Waals surface area (Å²) in [5.41, 5.74) is 0.247. The summed E-state index contributed by atoms with van der Waals surface area (Å²) in [6.45, 7) is 2.65. The van der Waals surface area contributed by atoms with Gasteiger partial charge in [-0.1, -0.05) is 6.42 Å². The molecule has 0 aromatic heterocycles. The van der Waals surface area contributed by atoms with Crippen LogP contribution >= 0.6 is 0 Å². The average Bonchev–Trinajstić information content (AvgIpc) is 3.44. The first-order chi connectivity index (χ1) is 14.2. The number of carbonyl (C=O) groups is 2. The predicted octanol–water partition coefficient (Wildman–Crippen LogP) is 2.32. The Balaban J connectivity index is 1.43. The number of hydrogen-bond donors (Lipinski definition) is 2. The highest BCUT2D eigenvalue weighted by Gasteiger charge is 2.26. The van der Waals surface area contributed by atoms with Gasteiger partial charge in [-0.2, -0.15) is 0 Å². The maximum atomic E-state index is 14.2. The Labute approximate surface area is 176 Å². The summed E-state index contributed by atoms with van der Waals surface area (Å²) in [5, 5.41) is 2.20. The topological polar surface area (TPSA) is 105 Å². The Morgan fingerprint density at radius 1 is 1.27 bits per heavy atom. The molecule has 2 N–H and O–H groups in total. The summed E-state index contributed by atoms with van der Waals surface area (Å²) in [4.78, 5) is 24.0. The number of sulfonamides is 1. The minimum atomic E-state index is -3.60. The smallest absolute Gasteiger partial charge is 0.324 e. The SMILES string of the molecule is CC(NS(=O)(=O)CCCCCN1CC(=O)NC1=O)c1cc(OCC2CC2)ccc1F. The Kier molecular flexibility index (Phi) is 7.30. The van der Waals surface area contributed by atoms with Crippen molar-refractivity contribution in [2.75, 3.05) is 25.4 Å². The van der Waals surface area contributed by atoms with E-state index in [9.17, 15) is 22.4 Å². The molecule has 2 aliphatic rings. The third-order valence-electron chi connectivity index (χ3n) is 5.18. The van der Waals surface area contributed by atoms with Gasteiger partial charge in [0.25, 0.3) is 0 Å². The van der Waals surface area contributed by atoms with E-state index in [0.29, 0.717) is 44.1 Å². The monoisotopic (exact) mass is 441 g/mol. The highest BCUT2D eigenvalue weighted by Crippen LogP contribution is 2.30. The maximum absolute atomic E-state index is 14.2. The lowest BCUT2D eigenvalue weighted by atomic mass is 10.1. The van der Waals surface area contributed by atoms with Crippen LogP contribution in [0.25, 0.3) is 0 Å². The zero-order valence-electron chi connectivity index (χ0n) is 17.0. The molecule has 10 heteroatoms. The Morgan fingerprint density at radius 2 is 2.03 bits per heavy atom. The van der Waals surface area contributed by atoms with Crippen molar-refractivity contribution in [1.82, 2.24) is 14.9 Å². The number of urea groups is 1. The van der Waals surface area contributed by atoms with Crippen molar-refractivity contribution in [3.63, 3.8) is 0 Å². The van der Waals surface area contributed by atoms with E-state index in [1.54, 1.807) is 19.1 Å². The number of unbranched alkanes of at least 4 members (excludes halogenated alkanes) is 2. The largest absolute Gasteiger partial charge is 0.493 e. The Morgan fingerprint density at radius 3 is 2.70 bits per heavy atom. The van der Waals surface area contributed by atoms with Crippen molar-refractivity contribution in [2.45, 2.75) is 45.1 Å². The van der Waals surface area contributed by atoms with Gasteiger partial charge in [-0.3, -0.25) is 10.1 Å². The van der Waals surface area contributed by atoms with Gasteiger partial charge in [0.1, 0.15) is 18.1 Å². The third-order valence-corrected chi connectivity index (χ3v) is 6.72. The lowest BCUT2D eigenvalue weighted by molar-refractivity contribution is -0.118. The quantitative estimate of drug-likeness (QED) is 0.383. The van der Waals surface area contributed by atoms with E-state index in [4.69, 9.17) is 4.74 Å². The first-order valence-electron chi connectivity index (χ1n) is 10.2. The van der Waals surface area contributed by atoms with E-state index in [2.05, 4.69) is 10.0 Å². The second kappa shape index (κ2) is 9.74. The second-order valence-corrected chi connectivity index (χ2v) is 9.81. The highest BCUT2D eigenvalue weighted by molar-refractivity contribution is 7.89. The molecule has 1 aromatic carbocycles. The number of halogens is 1. The van der Waals surface area contributed by atoms with E-state index in [1.165, 1.54) is 11.0 Å². The minimum Gasteiger partial charge on any atom is -0.493 e. The van der Waals surface area contributed by atoms with Crippen molar-refractivity contribution < 1.29 is 27.1 Å². The van der Waals surface area contributed by atoms with Crippen LogP contribution in [0.4, 0.5) is 9.18 Å². The molecule has 1 aliphatic carbocycles. The standard InChI is InChI=1S/C20H28FN3O5S/c1-14(17-11-16(7-8-18(17)21)29-13-15-5-6-15)23-30(27,28)10-4-2-3-9-24-12-19(25)22-20(24)26/h7-8,11,14-15,23H,2-6,9-10,12-13H2,1H3,(H,22,25,26). The van der Waals surface area contributed by atoms with Gasteiger partial charge in [-0.15, -0.1) is 0 Å². The van der Waals surface area contributed by atoms with Crippen LogP contribution in [0.1, 0.15) is 50.6 Å². The van der Waals surface area contributed by atoms with E-state index in [1.807, 2.05) is 0 Å². The van der Waals surface area contributed by atoms with Gasteiger partial charge in [0.2, 0.25) is 15.9 Å². The molecule has 1 aliphatic heterocycles. The number of hydrogen-bond acceptors (Lipinski definition) is 5. The average molecular weight is 442 g/mol. The summed E-state index contributed by atoms with van der Waals surface area (Å²) >= 11 is 0. The zero-order valence-corrected chi connectivity index (χ0v) is 17.8. The van der Waals surface area contributed by atoms with E-state index in [-0.39, 0.29) is 23.8 Å². The van der Waals surface area contributed by atoms with Gasteiger partial charge in [0.15, 0.2) is 0 Å². The van der Waals surface area contributed by atoms with Gasteiger partial charge in [0, 0.05) is 18.2 Å². The van der Waals surface area contributed by atoms with Gasteiger partial charge in [0.05, 0.1) is 12.4 Å². The molecule has 1 atom stereocenters. The summed E-state index contributed by atoms with van der Waals surface area (Å²) in [6, 6.07) is 3.26. The molecule has 1 aromatic rings. The Bertz CT molecular complexity index is 888. The fourth-order valence-electron chi connectivity index (χ4n) is 3.27. The summed E-state index contributed by atoms with van der Waals surface area (Å²) in [5.74, 6) is 0.197. The fourth-order valence-corrected chi connectivity index (χ4v) is 4.64. The molecule has 1 saturated heterocycles. The minimum absolute atomic E-state index is 0.0468. The molecule has 2 fully saturated rings. The maximum Gasteiger partial charge on any atom is 0.324 e. The van der Waals surface area contributed by atoms with Crippen LogP contribution in [0.5, 0.6) is 5.75 Å². The molecular formula is C20H28FN3O5S. The molecule has 3 rings (SSSR count). The molecule has 0 radical (unpaired) electrons. The molecule has 0 spiro atoms. The molecule has 30 heavy (non-hydrogen) atoms. The molecule has 1 heterocycles. The van der Waals surface area contributed by atoms with Crippen molar-refractivity contribution in [3.8, 4) is 5.75 Å². The summed E-state index contributed by atoms with van der Waals surface area (Å²) in [6.07, 6.45) is 3.88. The first kappa shape index (κ1) is 22.5. The molecule has 1 saturated carbocycles. The summed E-state index contributed by atoms with van der Waals surface area (Å²) < 4.78 is 47.1. The molecule has 3 amide bonds. The predicted molar refractivity (Wildman–Crippen MR) is 109 cm³/mol. The molecule has 0 bridgehead atoms. The van der Waals surface area contributed by atoms with Crippen LogP contribution in [0.3, 0.4) is 0 Å². The third kappa shape index (κ3) is 6.66. The van der Waals surface area contributed by atoms with Crippen LogP contribution in [0.2, 0.25) is 0 Å². The zero-order chi connectivity index (χ0) is 21.7. The van der Waals surface area contributed by atoms with Gasteiger partial charge < -0.3 is 9.64 Å². The van der Waals surface area contributed by atoms with Crippen LogP contribution in [0, 0.1) is 11.7 Å². The van der Waals surface area contributed by atoms with Crippen LogP contribution in [-0.4, -0.2) is 50.7 Å². The van der Waals surface area contributed by atoms with E-state index >= 15 is 0 Å². The number of imide groups is 1. The lowest BCUT2D eigenvalue weighted by Crippen LogP contribution is -2.30. The molecule has 166 valence electrons. The molecule has 8 nitrogen and oxygen atoms in total. The number of nitrogens with one attached hydrogen (secondary N) is 2. The number of amides is 3. The van der Waals surface area contributed by atoms with E-state index < -0.39 is 27.9 Å². The molecule has 1 unspecified atom stereocenters. The second-order valence-electron chi connectivity index (χ2n) is 7.93. The van der Waals surface area contributed by atoms with Crippen molar-refractivity contribution in [1.29, 1.82) is 0 Å². The summed E-state index contributed by atoms with van der Waals surface area (Å²) in [7, 11) is -3.60. The van der Waals surface area contributed by atoms with Gasteiger partial charge in [-0.25, -0.2) is 22.3 Å². The van der Waals surface area contributed by atoms with Crippen LogP contribution < -0.4 is 14.8 Å². The number of nitrogens with zero attached hydrogens (tertiary/aromatic N) is 1. The van der Waals surface area contributed by atoms with Gasteiger partial charge in [-0.05, 0) is 56.7 Å². The normalized spacial score (nSPS) is 17.9. The fraction of sp³-hybridized carbons (Fsp3) is 0.600. The first-order valence-corrected chi connectivity index (χ1v) is 11.9. The number of carbonyl (C=O) groups excluding carboxylic acids is 2. The van der Waals surface area contributed by atoms with Crippen molar-refractivity contribution in [3.05, 3.63) is 29.6 Å². The van der Waals surface area contributed by atoms with Gasteiger partial charge >= 0.3 is 6.03 Å². The van der Waals surface area contributed by atoms with Crippen LogP contribution in [-0.2, 0) is 14.8 Å². The van der Waals surface area contributed by atoms with Crippen molar-refractivity contribution >= 4 is 22.0 Å². The highest BCUT2D eigenvalue weighted by atomic mass is 32.2. The number of benzene rings is 1.